The lowest BCUT2D eigenvalue weighted by Gasteiger charge is -2.38. The highest BCUT2D eigenvalue weighted by Gasteiger charge is 2.41. The molecule has 2 aromatic rings. The van der Waals surface area contributed by atoms with Gasteiger partial charge in [-0.05, 0) is 61.7 Å². The maximum absolute atomic E-state index is 13.0. The fraction of sp³-hybridized carbons (Fsp3) is 0.381. The molecule has 1 aliphatic rings. The first kappa shape index (κ1) is 21.8. The first-order valence-corrected chi connectivity index (χ1v) is 11.6. The normalized spacial score (nSPS) is 20.2. The minimum Gasteiger partial charge on any atom is -0.497 e. The molecule has 1 atom stereocenters. The van der Waals surface area contributed by atoms with Crippen molar-refractivity contribution in [2.75, 3.05) is 20.2 Å². The molecule has 1 amide bonds. The molecule has 1 heterocycles. The third-order valence-electron chi connectivity index (χ3n) is 5.27. The zero-order valence-electron chi connectivity index (χ0n) is 16.5. The van der Waals surface area contributed by atoms with Gasteiger partial charge in [-0.3, -0.25) is 4.79 Å². The number of hydrogen-bond donors (Lipinski definition) is 1. The number of benzene rings is 2. The van der Waals surface area contributed by atoms with Gasteiger partial charge < -0.3 is 10.1 Å². The van der Waals surface area contributed by atoms with Gasteiger partial charge in [0.25, 0.3) is 0 Å². The van der Waals surface area contributed by atoms with Gasteiger partial charge in [0.2, 0.25) is 15.9 Å². The molecule has 6 nitrogen and oxygen atoms in total. The summed E-state index contributed by atoms with van der Waals surface area (Å²) in [5.41, 5.74) is 0.186. The maximum Gasteiger partial charge on any atom is 0.243 e. The predicted octanol–water partition coefficient (Wildman–Crippen LogP) is 3.56. The van der Waals surface area contributed by atoms with Gasteiger partial charge in [0, 0.05) is 24.1 Å². The van der Waals surface area contributed by atoms with Gasteiger partial charge in [0.1, 0.15) is 5.75 Å². The van der Waals surface area contributed by atoms with Crippen molar-refractivity contribution in [2.24, 2.45) is 5.41 Å². The summed E-state index contributed by atoms with van der Waals surface area (Å²) in [6, 6.07) is 14.0. The van der Waals surface area contributed by atoms with Crippen LogP contribution in [0.15, 0.2) is 57.9 Å². The molecular weight excluding hydrogens is 456 g/mol. The molecule has 0 bridgehead atoms. The van der Waals surface area contributed by atoms with Crippen molar-refractivity contribution in [3.05, 3.63) is 58.6 Å². The molecule has 1 unspecified atom stereocenters. The third kappa shape index (κ3) is 4.99. The van der Waals surface area contributed by atoms with Crippen molar-refractivity contribution < 1.29 is 17.9 Å². The number of halogens is 1. The van der Waals surface area contributed by atoms with Gasteiger partial charge >= 0.3 is 0 Å². The summed E-state index contributed by atoms with van der Waals surface area (Å²) in [5, 5.41) is 2.96. The smallest absolute Gasteiger partial charge is 0.243 e. The zero-order chi connectivity index (χ0) is 21.1. The summed E-state index contributed by atoms with van der Waals surface area (Å²) in [7, 11) is -2.03. The fourth-order valence-electron chi connectivity index (χ4n) is 3.48. The molecule has 1 fully saturated rings. The average molecular weight is 481 g/mol. The summed E-state index contributed by atoms with van der Waals surface area (Å²) >= 11 is 3.32. The van der Waals surface area contributed by atoms with Crippen LogP contribution in [0.5, 0.6) is 5.75 Å². The van der Waals surface area contributed by atoms with E-state index < -0.39 is 15.4 Å². The summed E-state index contributed by atoms with van der Waals surface area (Å²) in [6.45, 7) is 2.80. The molecule has 3 rings (SSSR count). The number of methoxy groups -OCH3 is 1. The standard InChI is InChI=1S/C21H25BrN2O4S/c1-21(20(25)23-14-16-4-8-18(28-2)9-5-16)12-3-13-24(15-21)29(26,27)19-10-6-17(22)7-11-19/h4-11H,3,12-15H2,1-2H3,(H,23,25). The number of hydrogen-bond acceptors (Lipinski definition) is 4. The SMILES string of the molecule is COc1ccc(CNC(=O)C2(C)CCCN(S(=O)(=O)c3ccc(Br)cc3)C2)cc1. The highest BCUT2D eigenvalue weighted by Crippen LogP contribution is 2.33. The minimum absolute atomic E-state index is 0.135. The van der Waals surface area contributed by atoms with Crippen LogP contribution in [0.25, 0.3) is 0 Å². The van der Waals surface area contributed by atoms with Crippen LogP contribution in [0.3, 0.4) is 0 Å². The van der Waals surface area contributed by atoms with E-state index in [1.165, 1.54) is 4.31 Å². The Morgan fingerprint density at radius 2 is 1.83 bits per heavy atom. The van der Waals surface area contributed by atoms with Crippen molar-refractivity contribution >= 4 is 31.9 Å². The van der Waals surface area contributed by atoms with Crippen molar-refractivity contribution in [2.45, 2.75) is 31.2 Å². The fourth-order valence-corrected chi connectivity index (χ4v) is 5.35. The molecule has 1 aliphatic heterocycles. The quantitative estimate of drug-likeness (QED) is 0.685. The van der Waals surface area contributed by atoms with Crippen LogP contribution in [0, 0.1) is 5.41 Å². The van der Waals surface area contributed by atoms with Gasteiger partial charge in [0.05, 0.1) is 17.4 Å². The van der Waals surface area contributed by atoms with Crippen molar-refractivity contribution in [3.63, 3.8) is 0 Å². The minimum atomic E-state index is -3.64. The first-order valence-electron chi connectivity index (χ1n) is 9.41. The lowest BCUT2D eigenvalue weighted by molar-refractivity contribution is -0.132. The van der Waals surface area contributed by atoms with E-state index in [4.69, 9.17) is 4.74 Å². The van der Waals surface area contributed by atoms with Crippen molar-refractivity contribution in [1.29, 1.82) is 0 Å². The second-order valence-electron chi connectivity index (χ2n) is 7.49. The van der Waals surface area contributed by atoms with Crippen LogP contribution in [0.2, 0.25) is 0 Å². The second-order valence-corrected chi connectivity index (χ2v) is 10.3. The van der Waals surface area contributed by atoms with E-state index in [1.807, 2.05) is 31.2 Å². The molecule has 0 aliphatic carbocycles. The molecular formula is C21H25BrN2O4S. The van der Waals surface area contributed by atoms with Crippen LogP contribution in [0.4, 0.5) is 0 Å². The Bertz CT molecular complexity index is 961. The number of nitrogens with one attached hydrogen (secondary N) is 1. The monoisotopic (exact) mass is 480 g/mol. The van der Waals surface area contributed by atoms with Gasteiger partial charge in [-0.25, -0.2) is 8.42 Å². The summed E-state index contributed by atoms with van der Waals surface area (Å²) in [5.74, 6) is 0.622. The molecule has 0 radical (unpaired) electrons. The van der Waals surface area contributed by atoms with Crippen molar-refractivity contribution in [3.8, 4) is 5.75 Å². The number of nitrogens with zero attached hydrogens (tertiary/aromatic N) is 1. The first-order chi connectivity index (χ1) is 13.7. The van der Waals surface area contributed by atoms with Crippen LogP contribution in [-0.4, -0.2) is 38.8 Å². The maximum atomic E-state index is 13.0. The Labute approximate surface area is 180 Å². The van der Waals surface area contributed by atoms with E-state index in [0.717, 1.165) is 15.8 Å². The Balaban J connectivity index is 1.68. The Morgan fingerprint density at radius 3 is 2.45 bits per heavy atom. The lowest BCUT2D eigenvalue weighted by Crippen LogP contribution is -2.51. The van der Waals surface area contributed by atoms with Gasteiger partial charge in [0.15, 0.2) is 0 Å². The highest BCUT2D eigenvalue weighted by molar-refractivity contribution is 9.10. The molecule has 156 valence electrons. The number of piperidine rings is 1. The van der Waals surface area contributed by atoms with E-state index in [2.05, 4.69) is 21.2 Å². The van der Waals surface area contributed by atoms with Crippen LogP contribution in [0.1, 0.15) is 25.3 Å². The van der Waals surface area contributed by atoms with Gasteiger partial charge in [-0.15, -0.1) is 0 Å². The van der Waals surface area contributed by atoms with E-state index >= 15 is 0 Å². The molecule has 2 aromatic carbocycles. The van der Waals surface area contributed by atoms with Gasteiger partial charge in [-0.1, -0.05) is 28.1 Å². The predicted molar refractivity (Wildman–Crippen MR) is 115 cm³/mol. The summed E-state index contributed by atoms with van der Waals surface area (Å²) < 4.78 is 33.4. The zero-order valence-corrected chi connectivity index (χ0v) is 18.9. The Kier molecular flexibility index (Phi) is 6.65. The topological polar surface area (TPSA) is 75.7 Å². The largest absolute Gasteiger partial charge is 0.497 e. The molecule has 0 saturated carbocycles. The summed E-state index contributed by atoms with van der Waals surface area (Å²) in [6.07, 6.45) is 1.29. The van der Waals surface area contributed by atoms with E-state index in [1.54, 1.807) is 31.4 Å². The Hall–Kier alpha value is -1.90. The van der Waals surface area contributed by atoms with Gasteiger partial charge in [-0.2, -0.15) is 4.31 Å². The average Bonchev–Trinajstić information content (AvgIpc) is 2.72. The number of ether oxygens (including phenoxy) is 1. The number of carbonyl (C=O) groups is 1. The van der Waals surface area contributed by atoms with Crippen LogP contribution in [-0.2, 0) is 21.4 Å². The number of sulfonamides is 1. The molecule has 0 aromatic heterocycles. The van der Waals surface area contributed by atoms with E-state index in [-0.39, 0.29) is 17.3 Å². The second kappa shape index (κ2) is 8.85. The summed E-state index contributed by atoms with van der Waals surface area (Å²) in [4.78, 5) is 13.1. The van der Waals surface area contributed by atoms with Crippen LogP contribution >= 0.6 is 15.9 Å². The molecule has 29 heavy (non-hydrogen) atoms. The lowest BCUT2D eigenvalue weighted by atomic mass is 9.82. The molecule has 1 N–H and O–H groups in total. The number of rotatable bonds is 6. The number of amides is 1. The number of carbonyl (C=O) groups excluding carboxylic acids is 1. The van der Waals surface area contributed by atoms with E-state index in [0.29, 0.717) is 25.9 Å². The highest BCUT2D eigenvalue weighted by atomic mass is 79.9. The van der Waals surface area contributed by atoms with Crippen molar-refractivity contribution in [1.82, 2.24) is 9.62 Å². The Morgan fingerprint density at radius 1 is 1.17 bits per heavy atom. The molecule has 1 saturated heterocycles. The van der Waals surface area contributed by atoms with E-state index in [9.17, 15) is 13.2 Å². The third-order valence-corrected chi connectivity index (χ3v) is 7.66. The van der Waals surface area contributed by atoms with Crippen LogP contribution < -0.4 is 10.1 Å². The molecule has 8 heteroatoms. The molecule has 0 spiro atoms.